The van der Waals surface area contributed by atoms with Crippen LogP contribution >= 0.6 is 0 Å². The van der Waals surface area contributed by atoms with E-state index < -0.39 is 97.0 Å². The molecule has 2 aliphatic heterocycles. The minimum absolute atomic E-state index is 0.0327. The Morgan fingerprint density at radius 3 is 2.02 bits per heavy atom. The molecule has 4 unspecified atom stereocenters. The van der Waals surface area contributed by atoms with Crippen molar-refractivity contribution in [3.63, 3.8) is 0 Å². The summed E-state index contributed by atoms with van der Waals surface area (Å²) in [4.78, 5) is 68.3. The van der Waals surface area contributed by atoms with Crippen molar-refractivity contribution in [1.82, 2.24) is 4.90 Å². The average molecular weight is 808 g/mol. The first-order valence-corrected chi connectivity index (χ1v) is 20.3. The number of aldehydes is 1. The van der Waals surface area contributed by atoms with Crippen molar-refractivity contribution in [2.75, 3.05) is 20.7 Å². The molecule has 13 heteroatoms. The minimum atomic E-state index is -1.34. The van der Waals surface area contributed by atoms with Crippen molar-refractivity contribution in [3.05, 3.63) is 83.4 Å². The van der Waals surface area contributed by atoms with Gasteiger partial charge in [0.1, 0.15) is 24.3 Å². The number of Topliss-reactive ketones (excluding diaryl/α,β-unsaturated/α-hetero) is 1. The first-order chi connectivity index (χ1) is 27.7. The van der Waals surface area contributed by atoms with Crippen LogP contribution in [0.15, 0.2) is 72.3 Å². The van der Waals surface area contributed by atoms with Gasteiger partial charge in [0.15, 0.2) is 12.4 Å². The number of benzene rings is 2. The van der Waals surface area contributed by atoms with Crippen LogP contribution in [0.5, 0.6) is 0 Å². The summed E-state index contributed by atoms with van der Waals surface area (Å²) >= 11 is 0. The Balaban J connectivity index is 1.77. The molecule has 0 bridgehead atoms. The van der Waals surface area contributed by atoms with E-state index in [-0.39, 0.29) is 37.2 Å². The summed E-state index contributed by atoms with van der Waals surface area (Å²) in [5.41, 5.74) is 1.44. The summed E-state index contributed by atoms with van der Waals surface area (Å²) in [6.45, 7) is 8.61. The standard InChI is InChI=1S/C45H61NO12/c1-8-37-34(26-48)23-27(2)19-20-35(49)28(3)24-33(21-22-47)40(29(4)36(50)25-38(51)55-37)58-45-42(57-44(53)32-17-13-10-14-18-32)39(46(6)7)41(30(5)54-45)56-43(52)31-15-11-9-12-16-31/h9-18,22-23,28-30,33-34,36-37,39-42,45,48,50H,8,19-21,24-26H2,1-7H3/b27-23+/t28-,29+,30?,33+,34?,36-,37-,39?,40-,41-,42-,45?/m1/s1. The van der Waals surface area contributed by atoms with Crippen LogP contribution in [0.2, 0.25) is 0 Å². The Labute approximate surface area is 342 Å². The quantitative estimate of drug-likeness (QED) is 0.129. The molecule has 2 aromatic carbocycles. The molecule has 318 valence electrons. The summed E-state index contributed by atoms with van der Waals surface area (Å²) in [6.07, 6.45) is -4.02. The molecule has 0 saturated carbocycles. The number of aliphatic hydroxyl groups excluding tert-OH is 2. The molecule has 0 radical (unpaired) electrons. The van der Waals surface area contributed by atoms with Gasteiger partial charge in [-0.25, -0.2) is 9.59 Å². The van der Waals surface area contributed by atoms with Crippen LogP contribution in [0, 0.1) is 23.7 Å². The lowest BCUT2D eigenvalue weighted by Crippen LogP contribution is -2.65. The number of allylic oxidation sites excluding steroid dienone is 1. The first-order valence-electron chi connectivity index (χ1n) is 20.3. The number of nitrogens with zero attached hydrogens (tertiary/aromatic N) is 1. The Hall–Kier alpha value is -4.27. The molecule has 2 aliphatic rings. The molecule has 0 spiro atoms. The fourth-order valence-corrected chi connectivity index (χ4v) is 7.96. The van der Waals surface area contributed by atoms with Gasteiger partial charge in [-0.15, -0.1) is 0 Å². The van der Waals surface area contributed by atoms with Crippen LogP contribution in [-0.2, 0) is 38.1 Å². The van der Waals surface area contributed by atoms with E-state index in [1.807, 2.05) is 19.9 Å². The maximum absolute atomic E-state index is 13.8. The lowest BCUT2D eigenvalue weighted by atomic mass is 9.79. The van der Waals surface area contributed by atoms with E-state index in [0.717, 1.165) is 11.9 Å². The van der Waals surface area contributed by atoms with Gasteiger partial charge in [-0.3, -0.25) is 14.5 Å². The number of ketones is 1. The monoisotopic (exact) mass is 807 g/mol. The molecule has 58 heavy (non-hydrogen) atoms. The molecule has 13 nitrogen and oxygen atoms in total. The van der Waals surface area contributed by atoms with Gasteiger partial charge in [-0.2, -0.15) is 0 Å². The largest absolute Gasteiger partial charge is 0.462 e. The zero-order valence-corrected chi connectivity index (χ0v) is 34.7. The number of rotatable bonds is 11. The third kappa shape index (κ3) is 12.4. The van der Waals surface area contributed by atoms with Gasteiger partial charge in [0.2, 0.25) is 0 Å². The summed E-state index contributed by atoms with van der Waals surface area (Å²) < 4.78 is 31.4. The van der Waals surface area contributed by atoms with Gasteiger partial charge in [0.25, 0.3) is 0 Å². The Morgan fingerprint density at radius 2 is 1.48 bits per heavy atom. The summed E-state index contributed by atoms with van der Waals surface area (Å²) in [5, 5.41) is 21.9. The van der Waals surface area contributed by atoms with Crippen LogP contribution in [0.1, 0.15) is 93.9 Å². The number of carbonyl (C=O) groups is 5. The second-order valence-corrected chi connectivity index (χ2v) is 15.9. The lowest BCUT2D eigenvalue weighted by molar-refractivity contribution is -0.302. The SMILES string of the molecule is CC[C@H]1OC(=O)C[C@@H](O)[C@H](C)[C@@H](OC2OC(C)[C@@H](OC(=O)c3ccccc3)C(N(C)C)[C@H]2OC(=O)c2ccccc2)[C@@H](CC=O)C[C@@H](C)C(=O)CC/C(C)=C/C1CO. The van der Waals surface area contributed by atoms with Crippen molar-refractivity contribution < 1.29 is 57.9 Å². The van der Waals surface area contributed by atoms with E-state index in [9.17, 15) is 34.2 Å². The summed E-state index contributed by atoms with van der Waals surface area (Å²) in [6, 6.07) is 16.0. The van der Waals surface area contributed by atoms with Crippen LogP contribution in [-0.4, -0.2) is 115 Å². The highest BCUT2D eigenvalue weighted by molar-refractivity contribution is 5.90. The van der Waals surface area contributed by atoms with Gasteiger partial charge in [-0.1, -0.05) is 68.8 Å². The van der Waals surface area contributed by atoms with E-state index in [1.165, 1.54) is 0 Å². The molecule has 0 aliphatic carbocycles. The molecule has 1 fully saturated rings. The van der Waals surface area contributed by atoms with E-state index in [0.29, 0.717) is 18.4 Å². The van der Waals surface area contributed by atoms with Crippen molar-refractivity contribution in [2.45, 2.75) is 122 Å². The number of ether oxygens (including phenoxy) is 5. The van der Waals surface area contributed by atoms with E-state index >= 15 is 0 Å². The Bertz CT molecular complexity index is 1680. The summed E-state index contributed by atoms with van der Waals surface area (Å²) in [7, 11) is 3.50. The fourth-order valence-electron chi connectivity index (χ4n) is 7.96. The van der Waals surface area contributed by atoms with Gasteiger partial charge in [-0.05, 0) is 77.4 Å². The number of hydrogen-bond donors (Lipinski definition) is 2. The molecular formula is C45H61NO12. The van der Waals surface area contributed by atoms with Crippen LogP contribution < -0.4 is 0 Å². The van der Waals surface area contributed by atoms with Crippen LogP contribution in [0.4, 0.5) is 0 Å². The molecule has 4 rings (SSSR count). The molecule has 0 amide bonds. The Morgan fingerprint density at radius 1 is 0.897 bits per heavy atom. The topological polar surface area (TPSA) is 175 Å². The maximum atomic E-state index is 13.8. The fraction of sp³-hybridized carbons (Fsp3) is 0.578. The molecule has 2 heterocycles. The highest BCUT2D eigenvalue weighted by Gasteiger charge is 2.52. The van der Waals surface area contributed by atoms with Gasteiger partial charge in [0, 0.05) is 30.6 Å². The second kappa shape index (κ2) is 22.2. The van der Waals surface area contributed by atoms with E-state index in [4.69, 9.17) is 23.7 Å². The van der Waals surface area contributed by atoms with Crippen molar-refractivity contribution in [3.8, 4) is 0 Å². The second-order valence-electron chi connectivity index (χ2n) is 15.9. The molecule has 1 saturated heterocycles. The van der Waals surface area contributed by atoms with Gasteiger partial charge in [0.05, 0.1) is 48.5 Å². The number of likely N-dealkylation sites (N-methyl/N-ethyl adjacent to an activating group) is 1. The minimum Gasteiger partial charge on any atom is -0.462 e. The predicted molar refractivity (Wildman–Crippen MR) is 214 cm³/mol. The highest BCUT2D eigenvalue weighted by atomic mass is 16.7. The van der Waals surface area contributed by atoms with E-state index in [2.05, 4.69) is 0 Å². The lowest BCUT2D eigenvalue weighted by Gasteiger charge is -2.48. The highest BCUT2D eigenvalue weighted by Crippen LogP contribution is 2.36. The van der Waals surface area contributed by atoms with Crippen LogP contribution in [0.25, 0.3) is 0 Å². The number of aliphatic hydroxyl groups is 2. The molecule has 12 atom stereocenters. The van der Waals surface area contributed by atoms with Crippen molar-refractivity contribution in [1.29, 1.82) is 0 Å². The van der Waals surface area contributed by atoms with Crippen LogP contribution in [0.3, 0.4) is 0 Å². The summed E-state index contributed by atoms with van der Waals surface area (Å²) in [5.74, 6) is -4.52. The third-order valence-corrected chi connectivity index (χ3v) is 11.4. The number of esters is 3. The normalized spacial score (nSPS) is 32.7. The maximum Gasteiger partial charge on any atom is 0.338 e. The smallest absolute Gasteiger partial charge is 0.338 e. The van der Waals surface area contributed by atoms with Crippen molar-refractivity contribution in [2.24, 2.45) is 23.7 Å². The molecule has 2 N–H and O–H groups in total. The molecule has 0 aromatic heterocycles. The van der Waals surface area contributed by atoms with E-state index in [1.54, 1.807) is 100 Å². The first kappa shape index (κ1) is 46.4. The number of cyclic esters (lactones) is 1. The number of carbonyl (C=O) groups excluding carboxylic acids is 5. The van der Waals surface area contributed by atoms with Gasteiger partial charge >= 0.3 is 17.9 Å². The predicted octanol–water partition coefficient (Wildman–Crippen LogP) is 5.36. The molecular weight excluding hydrogens is 746 g/mol. The third-order valence-electron chi connectivity index (χ3n) is 11.4. The zero-order valence-electron chi connectivity index (χ0n) is 34.7. The molecule has 2 aromatic rings. The zero-order chi connectivity index (χ0) is 42.5. The average Bonchev–Trinajstić information content (AvgIpc) is 3.21. The Kier molecular flexibility index (Phi) is 17.8. The van der Waals surface area contributed by atoms with Crippen molar-refractivity contribution >= 4 is 30.0 Å². The number of hydrogen-bond acceptors (Lipinski definition) is 13. The van der Waals surface area contributed by atoms with Gasteiger partial charge < -0.3 is 38.7 Å².